The summed E-state index contributed by atoms with van der Waals surface area (Å²) in [5.74, 6) is -2.81. The van der Waals surface area contributed by atoms with Gasteiger partial charge in [0.05, 0.1) is 11.9 Å². The van der Waals surface area contributed by atoms with E-state index in [-0.39, 0.29) is 38.3 Å². The third-order valence-corrected chi connectivity index (χ3v) is 1.33. The van der Waals surface area contributed by atoms with Gasteiger partial charge in [-0.05, 0) is 17.2 Å². The molecule has 14 heavy (non-hydrogen) atoms. The quantitative estimate of drug-likeness (QED) is 0.561. The number of carboxylic acids is 2. The van der Waals surface area contributed by atoms with Gasteiger partial charge in [-0.1, -0.05) is 18.2 Å². The van der Waals surface area contributed by atoms with Crippen LogP contribution in [0.25, 0.3) is 0 Å². The van der Waals surface area contributed by atoms with E-state index in [2.05, 4.69) is 0 Å². The minimum atomic E-state index is -1.40. The summed E-state index contributed by atoms with van der Waals surface area (Å²) in [5.41, 5.74) is -0.339. The Morgan fingerprint density at radius 2 is 1.36 bits per heavy atom. The number of benzene rings is 1. The molecular formula is C8H4O5Ti. The van der Waals surface area contributed by atoms with Crippen LogP contribution in [0.2, 0.25) is 0 Å². The first-order valence-corrected chi connectivity index (χ1v) is 3.14. The molecule has 0 atom stereocenters. The molecule has 5 nitrogen and oxygen atoms in total. The molecule has 0 N–H and O–H groups in total. The minimum absolute atomic E-state index is 0. The molecule has 0 bridgehead atoms. The first-order valence-electron chi connectivity index (χ1n) is 3.14. The molecule has 1 aromatic rings. The van der Waals surface area contributed by atoms with Crippen LogP contribution in [0, 0.1) is 0 Å². The molecule has 0 radical (unpaired) electrons. The summed E-state index contributed by atoms with van der Waals surface area (Å²) in [4.78, 5) is 20.5. The van der Waals surface area contributed by atoms with Crippen molar-refractivity contribution in [1.29, 1.82) is 0 Å². The second-order valence-corrected chi connectivity index (χ2v) is 2.16. The third kappa shape index (κ3) is 3.70. The van der Waals surface area contributed by atoms with E-state index in [1.165, 1.54) is 18.2 Å². The van der Waals surface area contributed by atoms with Crippen LogP contribution in [-0.2, 0) is 27.2 Å². The van der Waals surface area contributed by atoms with E-state index < -0.39 is 11.9 Å². The molecule has 0 saturated carbocycles. The molecule has 6 heteroatoms. The van der Waals surface area contributed by atoms with Crippen LogP contribution in [-0.4, -0.2) is 11.9 Å². The van der Waals surface area contributed by atoms with Gasteiger partial charge in [-0.25, -0.2) is 0 Å². The Balaban J connectivity index is 0. The molecule has 0 saturated heterocycles. The number of carboxylic acid groups (broad SMARTS) is 2. The first-order chi connectivity index (χ1) is 5.61. The molecule has 0 aliphatic carbocycles. The van der Waals surface area contributed by atoms with Crippen LogP contribution in [0.4, 0.5) is 0 Å². The summed E-state index contributed by atoms with van der Waals surface area (Å²) >= 11 is 0. The van der Waals surface area contributed by atoms with Gasteiger partial charge in [0.1, 0.15) is 0 Å². The Bertz CT molecular complexity index is 307. The van der Waals surface area contributed by atoms with Crippen LogP contribution in [0.3, 0.4) is 0 Å². The van der Waals surface area contributed by atoms with E-state index >= 15 is 0 Å². The number of carbonyl (C=O) groups is 2. The van der Waals surface area contributed by atoms with Gasteiger partial charge in [0.15, 0.2) is 0 Å². The van der Waals surface area contributed by atoms with Crippen molar-refractivity contribution in [2.75, 3.05) is 0 Å². The third-order valence-electron chi connectivity index (χ3n) is 1.33. The molecular weight excluding hydrogens is 224 g/mol. The van der Waals surface area contributed by atoms with Gasteiger partial charge in [0.2, 0.25) is 0 Å². The van der Waals surface area contributed by atoms with Crippen LogP contribution in [0.5, 0.6) is 0 Å². The monoisotopic (exact) mass is 228 g/mol. The van der Waals surface area contributed by atoms with Gasteiger partial charge < -0.3 is 25.3 Å². The molecule has 1 rings (SSSR count). The van der Waals surface area contributed by atoms with Gasteiger partial charge in [-0.15, -0.1) is 0 Å². The number of aromatic carboxylic acids is 2. The minimum Gasteiger partial charge on any atom is -2.00 e. The molecule has 0 unspecified atom stereocenters. The van der Waals surface area contributed by atoms with Crippen molar-refractivity contribution in [3.8, 4) is 0 Å². The molecule has 70 valence electrons. The Hall–Kier alpha value is -1.17. The zero-order chi connectivity index (χ0) is 9.14. The molecule has 0 aromatic heterocycles. The maximum absolute atomic E-state index is 10.3. The van der Waals surface area contributed by atoms with Crippen LogP contribution in [0.1, 0.15) is 20.7 Å². The second-order valence-electron chi connectivity index (χ2n) is 2.16. The Kier molecular flexibility index (Phi) is 6.90. The van der Waals surface area contributed by atoms with Crippen molar-refractivity contribution in [3.63, 3.8) is 0 Å². The summed E-state index contributed by atoms with van der Waals surface area (Å²) in [6.07, 6.45) is 0. The summed E-state index contributed by atoms with van der Waals surface area (Å²) in [5, 5.41) is 20.5. The normalized spacial score (nSPS) is 8.00. The fraction of sp³-hybridized carbons (Fsp3) is 0. The number of hydrogen-bond donors (Lipinski definition) is 0. The summed E-state index contributed by atoms with van der Waals surface area (Å²) in [6.45, 7) is 0. The van der Waals surface area contributed by atoms with Crippen LogP contribution < -0.4 is 10.2 Å². The first kappa shape index (κ1) is 15.3. The van der Waals surface area contributed by atoms with E-state index in [4.69, 9.17) is 0 Å². The van der Waals surface area contributed by atoms with E-state index in [1.54, 1.807) is 0 Å². The largest absolute Gasteiger partial charge is 4.00 e. The average Bonchev–Trinajstić information content (AvgIpc) is 2.04. The fourth-order valence-electron chi connectivity index (χ4n) is 0.773. The Morgan fingerprint density at radius 3 is 1.64 bits per heavy atom. The SMILES string of the molecule is O=C([O-])c1cccc(C(=O)[O-])c1.[O-2].[Ti+4]. The smallest absolute Gasteiger partial charge is 2.00 e. The van der Waals surface area contributed by atoms with Crippen molar-refractivity contribution >= 4 is 11.9 Å². The Labute approximate surface area is 94.6 Å². The van der Waals surface area contributed by atoms with Gasteiger partial charge in [-0.3, -0.25) is 0 Å². The predicted molar refractivity (Wildman–Crippen MR) is 35.8 cm³/mol. The maximum atomic E-state index is 10.3. The van der Waals surface area contributed by atoms with E-state index in [1.807, 2.05) is 0 Å². The Morgan fingerprint density at radius 1 is 1.00 bits per heavy atom. The zero-order valence-corrected chi connectivity index (χ0v) is 8.41. The van der Waals surface area contributed by atoms with Gasteiger partial charge in [0.25, 0.3) is 0 Å². The number of hydrogen-bond acceptors (Lipinski definition) is 4. The van der Waals surface area contributed by atoms with Crippen molar-refractivity contribution in [2.24, 2.45) is 0 Å². The average molecular weight is 228 g/mol. The molecule has 0 amide bonds. The predicted octanol–water partition coefficient (Wildman–Crippen LogP) is -1.71. The maximum Gasteiger partial charge on any atom is 4.00 e. The number of rotatable bonds is 2. The van der Waals surface area contributed by atoms with Crippen molar-refractivity contribution in [3.05, 3.63) is 35.4 Å². The second kappa shape index (κ2) is 6.31. The molecule has 0 aliphatic rings. The van der Waals surface area contributed by atoms with Gasteiger partial charge in [-0.2, -0.15) is 0 Å². The molecule has 0 aliphatic heterocycles. The van der Waals surface area contributed by atoms with Gasteiger partial charge in [0, 0.05) is 0 Å². The number of carbonyl (C=O) groups excluding carboxylic acids is 2. The molecule has 0 heterocycles. The molecule has 0 fully saturated rings. The standard InChI is InChI=1S/C8H6O4.O.Ti/c9-7(10)5-2-1-3-6(4-5)8(11)12;;/h1-4H,(H,9,10)(H,11,12);;/q;-2;+4/p-2. The topological polar surface area (TPSA) is 109 Å². The van der Waals surface area contributed by atoms with Crippen LogP contribution in [0.15, 0.2) is 24.3 Å². The van der Waals surface area contributed by atoms with E-state index in [0.29, 0.717) is 0 Å². The molecule has 1 aromatic carbocycles. The summed E-state index contributed by atoms with van der Waals surface area (Å²) in [7, 11) is 0. The van der Waals surface area contributed by atoms with Crippen molar-refractivity contribution < 1.29 is 47.0 Å². The fourth-order valence-corrected chi connectivity index (χ4v) is 0.773. The summed E-state index contributed by atoms with van der Waals surface area (Å²) < 4.78 is 0. The van der Waals surface area contributed by atoms with Gasteiger partial charge >= 0.3 is 21.7 Å². The zero-order valence-electron chi connectivity index (χ0n) is 6.85. The van der Waals surface area contributed by atoms with Crippen LogP contribution >= 0.6 is 0 Å². The molecule has 0 spiro atoms. The van der Waals surface area contributed by atoms with E-state index in [0.717, 1.165) is 6.07 Å². The van der Waals surface area contributed by atoms with E-state index in [9.17, 15) is 19.8 Å². The van der Waals surface area contributed by atoms with Crippen molar-refractivity contribution in [2.45, 2.75) is 0 Å². The van der Waals surface area contributed by atoms with Crippen molar-refractivity contribution in [1.82, 2.24) is 0 Å². The summed E-state index contributed by atoms with van der Waals surface area (Å²) in [6, 6.07) is 4.81.